The Hall–Kier alpha value is -3.93. The van der Waals surface area contributed by atoms with Crippen LogP contribution in [0.5, 0.6) is 17.2 Å². The predicted molar refractivity (Wildman–Crippen MR) is 142 cm³/mol. The van der Waals surface area contributed by atoms with Crippen molar-refractivity contribution in [2.45, 2.75) is 34.3 Å². The first-order valence-electron chi connectivity index (χ1n) is 12.0. The lowest BCUT2D eigenvalue weighted by atomic mass is 10.1. The van der Waals surface area contributed by atoms with Crippen molar-refractivity contribution in [2.75, 3.05) is 13.2 Å². The summed E-state index contributed by atoms with van der Waals surface area (Å²) in [6.07, 6.45) is 3.39. The lowest BCUT2D eigenvalue weighted by molar-refractivity contribution is -0.123. The molecule has 37 heavy (non-hydrogen) atoms. The maximum atomic E-state index is 13.5. The van der Waals surface area contributed by atoms with Gasteiger partial charge in [0.15, 0.2) is 17.4 Å². The highest BCUT2D eigenvalue weighted by molar-refractivity contribution is 5.81. The summed E-state index contributed by atoms with van der Waals surface area (Å²) in [6, 6.07) is 15.3. The highest BCUT2D eigenvalue weighted by atomic mass is 19.2. The normalized spacial score (nSPS) is 11.1. The summed E-state index contributed by atoms with van der Waals surface area (Å²) >= 11 is 0. The van der Waals surface area contributed by atoms with Crippen LogP contribution in [0.25, 0.3) is 6.08 Å². The largest absolute Gasteiger partial charge is 0.489 e. The van der Waals surface area contributed by atoms with E-state index in [4.69, 9.17) is 14.2 Å². The fraction of sp³-hybridized carbons (Fsp3) is 0.258. The number of carbonyl (C=O) groups excluding carboxylic acids is 1. The number of halogens is 2. The van der Waals surface area contributed by atoms with Crippen molar-refractivity contribution in [1.29, 1.82) is 0 Å². The highest BCUT2D eigenvalue weighted by Gasteiger charge is 2.13. The fourth-order valence-electron chi connectivity index (χ4n) is 3.43. The zero-order valence-electron chi connectivity index (χ0n) is 21.6. The van der Waals surface area contributed by atoms with Gasteiger partial charge in [0, 0.05) is 17.5 Å². The molecule has 0 aliphatic rings. The van der Waals surface area contributed by atoms with Crippen LogP contribution in [0.15, 0.2) is 72.8 Å². The van der Waals surface area contributed by atoms with Gasteiger partial charge in [-0.25, -0.2) is 8.78 Å². The molecule has 0 N–H and O–H groups in total. The molecule has 3 aromatic rings. The Kier molecular flexibility index (Phi) is 9.61. The number of carbonyl (C=O) groups is 1. The molecule has 0 heterocycles. The zero-order valence-corrected chi connectivity index (χ0v) is 21.6. The van der Waals surface area contributed by atoms with Crippen LogP contribution in [-0.2, 0) is 11.4 Å². The number of aryl methyl sites for hydroxylation is 2. The third-order valence-electron chi connectivity index (χ3n) is 5.73. The summed E-state index contributed by atoms with van der Waals surface area (Å²) in [6.45, 7) is 11.8. The summed E-state index contributed by atoms with van der Waals surface area (Å²) in [5.41, 5.74) is 3.63. The van der Waals surface area contributed by atoms with Crippen LogP contribution in [0.1, 0.15) is 36.1 Å². The van der Waals surface area contributed by atoms with Crippen molar-refractivity contribution in [2.24, 2.45) is 5.92 Å². The van der Waals surface area contributed by atoms with Gasteiger partial charge in [-0.1, -0.05) is 56.8 Å². The smallest absolute Gasteiger partial charge is 0.172 e. The van der Waals surface area contributed by atoms with E-state index in [-0.39, 0.29) is 31.5 Å². The van der Waals surface area contributed by atoms with Gasteiger partial charge in [-0.05, 0) is 60.4 Å². The summed E-state index contributed by atoms with van der Waals surface area (Å²) in [4.78, 5) is 12.0. The van der Waals surface area contributed by atoms with Crippen LogP contribution in [0.3, 0.4) is 0 Å². The zero-order chi connectivity index (χ0) is 26.9. The maximum Gasteiger partial charge on any atom is 0.172 e. The molecule has 0 unspecified atom stereocenters. The van der Waals surface area contributed by atoms with E-state index in [1.165, 1.54) is 0 Å². The molecule has 3 aromatic carbocycles. The molecular formula is C31H32F2O4. The second-order valence-corrected chi connectivity index (χ2v) is 9.14. The molecule has 0 saturated heterocycles. The summed E-state index contributed by atoms with van der Waals surface area (Å²) in [7, 11) is 0. The van der Waals surface area contributed by atoms with Crippen LogP contribution < -0.4 is 14.2 Å². The van der Waals surface area contributed by atoms with Crippen molar-refractivity contribution in [3.05, 3.63) is 107 Å². The minimum Gasteiger partial charge on any atom is -0.489 e. The number of hydrogen-bond donors (Lipinski definition) is 0. The van der Waals surface area contributed by atoms with Gasteiger partial charge in [-0.15, -0.1) is 0 Å². The minimum atomic E-state index is -0.891. The van der Waals surface area contributed by atoms with E-state index >= 15 is 0 Å². The molecule has 0 bridgehead atoms. The van der Waals surface area contributed by atoms with Gasteiger partial charge in [-0.3, -0.25) is 4.79 Å². The number of ketones is 1. The van der Waals surface area contributed by atoms with Crippen molar-refractivity contribution in [3.63, 3.8) is 0 Å². The monoisotopic (exact) mass is 506 g/mol. The topological polar surface area (TPSA) is 44.8 Å². The molecule has 0 saturated carbocycles. The van der Waals surface area contributed by atoms with E-state index in [0.717, 1.165) is 23.3 Å². The highest BCUT2D eigenvalue weighted by Crippen LogP contribution is 2.27. The standard InChI is InChI=1S/C31H32F2O4/c1-20(2)30(34)19-37-31-22(4)8-6-9-25(31)18-36-27-11-7-10-26(16-27)35-17-21(3)12-13-24-15-29(33)28(32)14-23(24)5/h6-16,20H,3,17-19H2,1-2,4-5H3/b13-12-. The predicted octanol–water partition coefficient (Wildman–Crippen LogP) is 7.41. The second kappa shape index (κ2) is 12.9. The Morgan fingerprint density at radius 1 is 0.892 bits per heavy atom. The molecule has 6 heteroatoms. The van der Waals surface area contributed by atoms with E-state index in [1.807, 2.05) is 57.2 Å². The Balaban J connectivity index is 1.58. The van der Waals surface area contributed by atoms with Crippen molar-refractivity contribution in [3.8, 4) is 17.2 Å². The van der Waals surface area contributed by atoms with Crippen LogP contribution >= 0.6 is 0 Å². The van der Waals surface area contributed by atoms with Gasteiger partial charge in [0.1, 0.15) is 37.1 Å². The van der Waals surface area contributed by atoms with Gasteiger partial charge in [0.25, 0.3) is 0 Å². The number of Topliss-reactive ketones (excluding diaryl/α,β-unsaturated/α-hetero) is 1. The van der Waals surface area contributed by atoms with Gasteiger partial charge in [0.05, 0.1) is 0 Å². The molecule has 0 amide bonds. The van der Waals surface area contributed by atoms with Crippen LogP contribution in [0.4, 0.5) is 8.78 Å². The first-order chi connectivity index (χ1) is 17.6. The Labute approximate surface area is 217 Å². The second-order valence-electron chi connectivity index (χ2n) is 9.14. The molecule has 0 spiro atoms. The lowest BCUT2D eigenvalue weighted by Crippen LogP contribution is -2.18. The molecule has 0 aromatic heterocycles. The summed E-state index contributed by atoms with van der Waals surface area (Å²) in [5.74, 6) is 0.0531. The SMILES string of the molecule is C=C(/C=C\c1cc(F)c(F)cc1C)COc1cccc(OCc2cccc(C)c2OCC(=O)C(C)C)c1. The lowest BCUT2D eigenvalue weighted by Gasteiger charge is -2.15. The number of para-hydroxylation sites is 1. The average Bonchev–Trinajstić information content (AvgIpc) is 2.87. The summed E-state index contributed by atoms with van der Waals surface area (Å²) in [5, 5.41) is 0. The molecule has 3 rings (SSSR count). The minimum absolute atomic E-state index is 0.0207. The van der Waals surface area contributed by atoms with E-state index in [0.29, 0.717) is 33.9 Å². The molecule has 0 radical (unpaired) electrons. The first-order valence-corrected chi connectivity index (χ1v) is 12.0. The number of benzene rings is 3. The molecule has 0 atom stereocenters. The third kappa shape index (κ3) is 8.04. The molecule has 194 valence electrons. The first kappa shape index (κ1) is 27.7. The van der Waals surface area contributed by atoms with Crippen molar-refractivity contribution < 1.29 is 27.8 Å². The molecule has 0 fully saturated rings. The molecule has 0 aliphatic heterocycles. The molecule has 0 aliphatic carbocycles. The van der Waals surface area contributed by atoms with Crippen LogP contribution in [0, 0.1) is 31.4 Å². The fourth-order valence-corrected chi connectivity index (χ4v) is 3.43. The number of ether oxygens (including phenoxy) is 3. The maximum absolute atomic E-state index is 13.5. The van der Waals surface area contributed by atoms with E-state index < -0.39 is 11.6 Å². The van der Waals surface area contributed by atoms with E-state index in [9.17, 15) is 13.6 Å². The molecular weight excluding hydrogens is 474 g/mol. The Morgan fingerprint density at radius 3 is 2.30 bits per heavy atom. The van der Waals surface area contributed by atoms with E-state index in [1.54, 1.807) is 25.1 Å². The molecule has 4 nitrogen and oxygen atoms in total. The van der Waals surface area contributed by atoms with Crippen LogP contribution in [-0.4, -0.2) is 19.0 Å². The number of rotatable bonds is 12. The van der Waals surface area contributed by atoms with Gasteiger partial charge < -0.3 is 14.2 Å². The van der Waals surface area contributed by atoms with E-state index in [2.05, 4.69) is 6.58 Å². The van der Waals surface area contributed by atoms with Crippen LogP contribution in [0.2, 0.25) is 0 Å². The Morgan fingerprint density at radius 2 is 1.57 bits per heavy atom. The average molecular weight is 507 g/mol. The number of hydrogen-bond acceptors (Lipinski definition) is 4. The quantitative estimate of drug-likeness (QED) is 0.240. The summed E-state index contributed by atoms with van der Waals surface area (Å²) < 4.78 is 44.5. The van der Waals surface area contributed by atoms with Crippen molar-refractivity contribution >= 4 is 11.9 Å². The Bertz CT molecular complexity index is 1290. The van der Waals surface area contributed by atoms with Gasteiger partial charge in [0.2, 0.25) is 0 Å². The van der Waals surface area contributed by atoms with Crippen molar-refractivity contribution in [1.82, 2.24) is 0 Å². The van der Waals surface area contributed by atoms with Gasteiger partial charge in [-0.2, -0.15) is 0 Å². The third-order valence-corrected chi connectivity index (χ3v) is 5.73. The van der Waals surface area contributed by atoms with Gasteiger partial charge >= 0.3 is 0 Å².